The normalized spacial score (nSPS) is 10.9. The van der Waals surface area contributed by atoms with Crippen LogP contribution in [-0.4, -0.2) is 0 Å². The number of ether oxygens (including phenoxy) is 1. The van der Waals surface area contributed by atoms with Crippen molar-refractivity contribution < 1.29 is 4.74 Å². The van der Waals surface area contributed by atoms with Crippen LogP contribution in [-0.2, 0) is 13.0 Å². The monoisotopic (exact) mass is 344 g/mol. The summed E-state index contributed by atoms with van der Waals surface area (Å²) in [6.07, 6.45) is 2.29. The van der Waals surface area contributed by atoms with Gasteiger partial charge in [-0.2, -0.15) is 0 Å². The summed E-state index contributed by atoms with van der Waals surface area (Å²) in [5, 5.41) is 0. The van der Waals surface area contributed by atoms with Crippen LogP contribution in [0.15, 0.2) is 72.8 Å². The molecule has 3 aromatic carbocycles. The number of hydrogen-bond acceptors (Lipinski definition) is 1. The lowest BCUT2D eigenvalue weighted by atomic mass is 9.92. The fourth-order valence-electron chi connectivity index (χ4n) is 3.30. The Bertz CT molecular complexity index is 831. The molecule has 0 atom stereocenters. The van der Waals surface area contributed by atoms with Crippen molar-refractivity contribution in [3.05, 3.63) is 89.5 Å². The van der Waals surface area contributed by atoms with Gasteiger partial charge in [0.1, 0.15) is 12.4 Å². The average molecular weight is 344 g/mol. The predicted molar refractivity (Wildman–Crippen MR) is 111 cm³/mol. The molecule has 3 aromatic rings. The van der Waals surface area contributed by atoms with Gasteiger partial charge in [0.25, 0.3) is 0 Å². The summed E-state index contributed by atoms with van der Waals surface area (Å²) in [4.78, 5) is 0. The highest BCUT2D eigenvalue weighted by molar-refractivity contribution is 5.68. The van der Waals surface area contributed by atoms with E-state index < -0.39 is 0 Å². The minimum Gasteiger partial charge on any atom is -0.489 e. The molecule has 26 heavy (non-hydrogen) atoms. The molecule has 0 amide bonds. The summed E-state index contributed by atoms with van der Waals surface area (Å²) in [5.74, 6) is 1.44. The predicted octanol–water partition coefficient (Wildman–Crippen LogP) is 7.01. The Labute approximate surface area is 157 Å². The third-order valence-corrected chi connectivity index (χ3v) is 4.69. The lowest BCUT2D eigenvalue weighted by Crippen LogP contribution is -1.97. The Morgan fingerprint density at radius 2 is 1.58 bits per heavy atom. The van der Waals surface area contributed by atoms with Gasteiger partial charge in [0, 0.05) is 0 Å². The van der Waals surface area contributed by atoms with E-state index in [9.17, 15) is 0 Å². The molecule has 0 spiro atoms. The highest BCUT2D eigenvalue weighted by atomic mass is 16.5. The van der Waals surface area contributed by atoms with Gasteiger partial charge in [-0.05, 0) is 58.4 Å². The van der Waals surface area contributed by atoms with E-state index in [1.54, 1.807) is 0 Å². The molecule has 3 rings (SSSR count). The smallest absolute Gasteiger partial charge is 0.119 e. The van der Waals surface area contributed by atoms with Gasteiger partial charge in [-0.25, -0.2) is 0 Å². The summed E-state index contributed by atoms with van der Waals surface area (Å²) < 4.78 is 5.99. The second-order valence-corrected chi connectivity index (χ2v) is 7.12. The molecule has 0 fully saturated rings. The molecule has 0 saturated heterocycles. The first-order valence-corrected chi connectivity index (χ1v) is 9.57. The number of hydrogen-bond donors (Lipinski definition) is 0. The van der Waals surface area contributed by atoms with Gasteiger partial charge in [-0.1, -0.05) is 81.8 Å². The van der Waals surface area contributed by atoms with Crippen LogP contribution in [0.25, 0.3) is 11.1 Å². The molecule has 0 aliphatic heterocycles. The van der Waals surface area contributed by atoms with Gasteiger partial charge >= 0.3 is 0 Å². The van der Waals surface area contributed by atoms with Crippen LogP contribution < -0.4 is 4.74 Å². The maximum absolute atomic E-state index is 5.99. The molecule has 0 N–H and O–H groups in total. The number of rotatable bonds is 7. The van der Waals surface area contributed by atoms with E-state index in [2.05, 4.69) is 93.6 Å². The minimum atomic E-state index is 0.507. The fourth-order valence-corrected chi connectivity index (χ4v) is 3.30. The molecule has 1 nitrogen and oxygen atoms in total. The SMILES string of the molecule is CCCc1ccc(OCc2cccc(-c3ccccc3C(C)C)c2)cc1. The highest BCUT2D eigenvalue weighted by Gasteiger charge is 2.08. The van der Waals surface area contributed by atoms with E-state index in [4.69, 9.17) is 4.74 Å². The molecule has 0 heterocycles. The van der Waals surface area contributed by atoms with E-state index >= 15 is 0 Å². The minimum absolute atomic E-state index is 0.507. The van der Waals surface area contributed by atoms with Crippen LogP contribution in [0.2, 0.25) is 0 Å². The zero-order valence-corrected chi connectivity index (χ0v) is 16.0. The van der Waals surface area contributed by atoms with E-state index in [0.29, 0.717) is 12.5 Å². The Morgan fingerprint density at radius 3 is 2.31 bits per heavy atom. The molecule has 0 bridgehead atoms. The second-order valence-electron chi connectivity index (χ2n) is 7.12. The molecule has 134 valence electrons. The molecule has 0 aromatic heterocycles. The first-order chi connectivity index (χ1) is 12.7. The Kier molecular flexibility index (Phi) is 6.12. The second kappa shape index (κ2) is 8.71. The molecule has 0 radical (unpaired) electrons. The van der Waals surface area contributed by atoms with E-state index in [-0.39, 0.29) is 0 Å². The summed E-state index contributed by atoms with van der Waals surface area (Å²) >= 11 is 0. The Hall–Kier alpha value is -2.54. The van der Waals surface area contributed by atoms with Crippen molar-refractivity contribution in [1.82, 2.24) is 0 Å². The van der Waals surface area contributed by atoms with Crippen LogP contribution in [0.3, 0.4) is 0 Å². The lowest BCUT2D eigenvalue weighted by molar-refractivity contribution is 0.306. The van der Waals surface area contributed by atoms with Crippen LogP contribution in [0.4, 0.5) is 0 Å². The van der Waals surface area contributed by atoms with Gasteiger partial charge < -0.3 is 4.74 Å². The van der Waals surface area contributed by atoms with Crippen molar-refractivity contribution in [2.24, 2.45) is 0 Å². The molecule has 0 aliphatic rings. The largest absolute Gasteiger partial charge is 0.489 e. The van der Waals surface area contributed by atoms with Gasteiger partial charge in [0.15, 0.2) is 0 Å². The van der Waals surface area contributed by atoms with Gasteiger partial charge in [-0.15, -0.1) is 0 Å². The maximum atomic E-state index is 5.99. The lowest BCUT2D eigenvalue weighted by Gasteiger charge is -2.14. The third-order valence-electron chi connectivity index (χ3n) is 4.69. The average Bonchev–Trinajstić information content (AvgIpc) is 2.68. The quantitative estimate of drug-likeness (QED) is 0.448. The summed E-state index contributed by atoms with van der Waals surface area (Å²) in [7, 11) is 0. The maximum Gasteiger partial charge on any atom is 0.119 e. The molecule has 0 unspecified atom stereocenters. The van der Waals surface area contributed by atoms with Crippen molar-refractivity contribution in [1.29, 1.82) is 0 Å². The zero-order valence-electron chi connectivity index (χ0n) is 16.0. The van der Waals surface area contributed by atoms with Gasteiger partial charge in [0.2, 0.25) is 0 Å². The van der Waals surface area contributed by atoms with E-state index in [1.807, 2.05) is 0 Å². The molecule has 0 aliphatic carbocycles. The summed E-state index contributed by atoms with van der Waals surface area (Å²) in [6.45, 7) is 7.28. The summed E-state index contributed by atoms with van der Waals surface area (Å²) in [5.41, 5.74) is 6.52. The molecular formula is C25H28O. The standard InChI is InChI=1S/C25H28O/c1-4-8-20-13-15-23(16-14-20)26-18-21-9-7-10-22(17-21)25-12-6-5-11-24(25)19(2)3/h5-7,9-17,19H,4,8,18H2,1-3H3. The van der Waals surface area contributed by atoms with Crippen molar-refractivity contribution in [3.8, 4) is 16.9 Å². The van der Waals surface area contributed by atoms with Gasteiger partial charge in [0.05, 0.1) is 0 Å². The van der Waals surface area contributed by atoms with Crippen molar-refractivity contribution in [2.75, 3.05) is 0 Å². The molecule has 0 saturated carbocycles. The van der Waals surface area contributed by atoms with Crippen molar-refractivity contribution in [3.63, 3.8) is 0 Å². The number of benzene rings is 3. The first kappa shape index (κ1) is 18.3. The van der Waals surface area contributed by atoms with Crippen molar-refractivity contribution in [2.45, 2.75) is 46.1 Å². The fraction of sp³-hybridized carbons (Fsp3) is 0.280. The van der Waals surface area contributed by atoms with E-state index in [0.717, 1.165) is 12.2 Å². The first-order valence-electron chi connectivity index (χ1n) is 9.57. The topological polar surface area (TPSA) is 9.23 Å². The highest BCUT2D eigenvalue weighted by Crippen LogP contribution is 2.29. The molecule has 1 heteroatoms. The third kappa shape index (κ3) is 4.54. The van der Waals surface area contributed by atoms with Gasteiger partial charge in [-0.3, -0.25) is 0 Å². The van der Waals surface area contributed by atoms with Crippen LogP contribution in [0.1, 0.15) is 49.8 Å². The van der Waals surface area contributed by atoms with Crippen LogP contribution in [0.5, 0.6) is 5.75 Å². The number of aryl methyl sites for hydroxylation is 1. The Morgan fingerprint density at radius 1 is 0.808 bits per heavy atom. The van der Waals surface area contributed by atoms with E-state index in [1.165, 1.54) is 34.2 Å². The van der Waals surface area contributed by atoms with Crippen LogP contribution in [0, 0.1) is 0 Å². The molecular weight excluding hydrogens is 316 g/mol. The van der Waals surface area contributed by atoms with Crippen molar-refractivity contribution >= 4 is 0 Å². The zero-order chi connectivity index (χ0) is 18.4. The van der Waals surface area contributed by atoms with Crippen LogP contribution >= 0.6 is 0 Å². The Balaban J connectivity index is 1.74. The summed E-state index contributed by atoms with van der Waals surface area (Å²) in [6, 6.07) is 25.8.